The molecule has 0 radical (unpaired) electrons. The Morgan fingerprint density at radius 3 is 2.00 bits per heavy atom. The van der Waals surface area contributed by atoms with Gasteiger partial charge in [-0.05, 0) is 6.92 Å². The Labute approximate surface area is 128 Å². The highest BCUT2D eigenvalue weighted by molar-refractivity contribution is 5.82. The molecule has 5 atom stereocenters. The lowest BCUT2D eigenvalue weighted by molar-refractivity contribution is -0.263. The van der Waals surface area contributed by atoms with E-state index in [0.29, 0.717) is 0 Å². The van der Waals surface area contributed by atoms with Gasteiger partial charge in [-0.1, -0.05) is 0 Å². The minimum absolute atomic E-state index is 0.852. The molecule has 8 nitrogen and oxygen atoms in total. The Balaban J connectivity index is 3.12. The van der Waals surface area contributed by atoms with Crippen molar-refractivity contribution >= 4 is 17.8 Å². The molecule has 132 valence electrons. The fourth-order valence-electron chi connectivity index (χ4n) is 2.11. The van der Waals surface area contributed by atoms with Crippen LogP contribution in [0.2, 0.25) is 0 Å². The molecule has 0 aliphatic carbocycles. The zero-order chi connectivity index (χ0) is 17.9. The Morgan fingerprint density at radius 1 is 1.09 bits per heavy atom. The molecule has 0 aromatic heterocycles. The van der Waals surface area contributed by atoms with E-state index in [1.807, 2.05) is 0 Å². The highest BCUT2D eigenvalue weighted by Crippen LogP contribution is 2.26. The van der Waals surface area contributed by atoms with Crippen LogP contribution in [0.4, 0.5) is 13.2 Å². The Kier molecular flexibility index (Phi) is 5.94. The van der Waals surface area contributed by atoms with Gasteiger partial charge < -0.3 is 24.6 Å². The van der Waals surface area contributed by atoms with Crippen molar-refractivity contribution in [1.82, 2.24) is 5.32 Å². The van der Waals surface area contributed by atoms with Gasteiger partial charge in [-0.15, -0.1) is 0 Å². The summed E-state index contributed by atoms with van der Waals surface area (Å²) in [6.45, 7) is 3.27. The summed E-state index contributed by atoms with van der Waals surface area (Å²) in [5.41, 5.74) is 0. The summed E-state index contributed by atoms with van der Waals surface area (Å²) in [7, 11) is 0. The van der Waals surface area contributed by atoms with Crippen molar-refractivity contribution in [3.63, 3.8) is 0 Å². The zero-order valence-corrected chi connectivity index (χ0v) is 12.4. The monoisotopic (exact) mass is 343 g/mol. The van der Waals surface area contributed by atoms with E-state index in [4.69, 9.17) is 14.2 Å². The van der Waals surface area contributed by atoms with E-state index >= 15 is 0 Å². The molecule has 0 bridgehead atoms. The van der Waals surface area contributed by atoms with Crippen LogP contribution in [-0.2, 0) is 28.6 Å². The number of hydrogen-bond acceptors (Lipinski definition) is 7. The number of alkyl halides is 3. The third-order valence-electron chi connectivity index (χ3n) is 2.96. The minimum Gasteiger partial charge on any atom is -0.457 e. The van der Waals surface area contributed by atoms with Crippen molar-refractivity contribution in [2.45, 2.75) is 57.6 Å². The molecule has 0 spiro atoms. The van der Waals surface area contributed by atoms with E-state index in [-0.39, 0.29) is 0 Å². The molecule has 0 aromatic rings. The van der Waals surface area contributed by atoms with Gasteiger partial charge in [-0.2, -0.15) is 13.2 Å². The first-order chi connectivity index (χ1) is 10.4. The van der Waals surface area contributed by atoms with Gasteiger partial charge in [0.1, 0.15) is 6.04 Å². The molecular formula is C12H16F3NO7. The normalized spacial score (nSPS) is 31.2. The SMILES string of the molecule is CC(=O)O[C@@H]1[C@H](NC(=O)C(F)(F)F)[C@H](OC(C)=O)[C@H](C)O[C@@H]1O. The molecule has 1 heterocycles. The summed E-state index contributed by atoms with van der Waals surface area (Å²) in [6, 6.07) is -1.64. The van der Waals surface area contributed by atoms with Crippen molar-refractivity contribution in [2.75, 3.05) is 0 Å². The number of ether oxygens (including phenoxy) is 3. The van der Waals surface area contributed by atoms with E-state index in [9.17, 15) is 32.7 Å². The predicted molar refractivity (Wildman–Crippen MR) is 65.6 cm³/mol. The first-order valence-electron chi connectivity index (χ1n) is 6.49. The second-order valence-electron chi connectivity index (χ2n) is 4.88. The van der Waals surface area contributed by atoms with Crippen LogP contribution in [-0.4, -0.2) is 59.8 Å². The minimum atomic E-state index is -5.21. The Bertz CT molecular complexity index is 454. The van der Waals surface area contributed by atoms with Crippen LogP contribution in [0.5, 0.6) is 0 Å². The molecule has 0 aromatic carbocycles. The molecular weight excluding hydrogens is 327 g/mol. The van der Waals surface area contributed by atoms with Gasteiger partial charge in [0.25, 0.3) is 0 Å². The first kappa shape index (κ1) is 19.2. The molecule has 1 amide bonds. The number of carbonyl (C=O) groups is 3. The standard InChI is InChI=1S/C12H16F3NO7/c1-4-8(22-5(2)17)7(16-11(20)12(13,14)15)9(10(19)21-4)23-6(3)18/h4,7-10,19H,1-3H3,(H,16,20)/t4-,7+,8+,9+,10-/m0/s1. The maximum absolute atomic E-state index is 12.5. The summed E-state index contributed by atoms with van der Waals surface area (Å²) in [5.74, 6) is -4.12. The summed E-state index contributed by atoms with van der Waals surface area (Å²) in [4.78, 5) is 33.3. The van der Waals surface area contributed by atoms with Crippen LogP contribution in [0.15, 0.2) is 0 Å². The molecule has 0 saturated carbocycles. The van der Waals surface area contributed by atoms with Gasteiger partial charge in [0.15, 0.2) is 18.5 Å². The Hall–Kier alpha value is -1.88. The topological polar surface area (TPSA) is 111 Å². The van der Waals surface area contributed by atoms with Crippen molar-refractivity contribution < 1.29 is 46.9 Å². The van der Waals surface area contributed by atoms with Gasteiger partial charge in [-0.3, -0.25) is 14.4 Å². The number of rotatable bonds is 3. The van der Waals surface area contributed by atoms with Crippen LogP contribution >= 0.6 is 0 Å². The molecule has 1 saturated heterocycles. The molecule has 1 aliphatic rings. The number of nitrogens with one attached hydrogen (secondary N) is 1. The smallest absolute Gasteiger partial charge is 0.457 e. The first-order valence-corrected chi connectivity index (χ1v) is 6.49. The highest BCUT2D eigenvalue weighted by atomic mass is 19.4. The number of aliphatic hydroxyl groups is 1. The molecule has 1 rings (SSSR count). The maximum Gasteiger partial charge on any atom is 0.471 e. The zero-order valence-electron chi connectivity index (χ0n) is 12.4. The number of esters is 2. The highest BCUT2D eigenvalue weighted by Gasteiger charge is 2.51. The average molecular weight is 343 g/mol. The van der Waals surface area contributed by atoms with Gasteiger partial charge in [0, 0.05) is 13.8 Å². The van der Waals surface area contributed by atoms with E-state index in [1.165, 1.54) is 6.92 Å². The summed E-state index contributed by atoms with van der Waals surface area (Å²) in [6.07, 6.45) is -11.2. The second-order valence-corrected chi connectivity index (χ2v) is 4.88. The largest absolute Gasteiger partial charge is 0.471 e. The van der Waals surface area contributed by atoms with Crippen LogP contribution in [0.25, 0.3) is 0 Å². The van der Waals surface area contributed by atoms with Crippen molar-refractivity contribution in [3.05, 3.63) is 0 Å². The molecule has 1 aliphatic heterocycles. The molecule has 23 heavy (non-hydrogen) atoms. The van der Waals surface area contributed by atoms with E-state index in [1.54, 1.807) is 5.32 Å². The van der Waals surface area contributed by atoms with Crippen LogP contribution in [0, 0.1) is 0 Å². The van der Waals surface area contributed by atoms with Crippen molar-refractivity contribution in [1.29, 1.82) is 0 Å². The van der Waals surface area contributed by atoms with E-state index in [0.717, 1.165) is 13.8 Å². The van der Waals surface area contributed by atoms with Gasteiger partial charge in [-0.25, -0.2) is 0 Å². The predicted octanol–water partition coefficient (Wildman–Crippen LogP) is -0.366. The fraction of sp³-hybridized carbons (Fsp3) is 0.750. The molecule has 2 N–H and O–H groups in total. The van der Waals surface area contributed by atoms with Crippen molar-refractivity contribution in [3.8, 4) is 0 Å². The van der Waals surface area contributed by atoms with Crippen LogP contribution < -0.4 is 5.32 Å². The molecule has 0 unspecified atom stereocenters. The average Bonchev–Trinajstić information content (AvgIpc) is 2.36. The number of hydrogen-bond donors (Lipinski definition) is 2. The lowest BCUT2D eigenvalue weighted by Crippen LogP contribution is -2.66. The van der Waals surface area contributed by atoms with Gasteiger partial charge >= 0.3 is 24.0 Å². The lowest BCUT2D eigenvalue weighted by atomic mass is 9.96. The maximum atomic E-state index is 12.5. The van der Waals surface area contributed by atoms with Gasteiger partial charge in [0.2, 0.25) is 0 Å². The fourth-order valence-corrected chi connectivity index (χ4v) is 2.11. The third kappa shape index (κ3) is 5.06. The van der Waals surface area contributed by atoms with Crippen molar-refractivity contribution in [2.24, 2.45) is 0 Å². The van der Waals surface area contributed by atoms with E-state index < -0.39 is 54.7 Å². The number of aliphatic hydroxyl groups excluding tert-OH is 1. The summed E-state index contributed by atoms with van der Waals surface area (Å²) in [5, 5.41) is 11.3. The second kappa shape index (κ2) is 7.13. The molecule has 11 heteroatoms. The Morgan fingerprint density at radius 2 is 1.57 bits per heavy atom. The quantitative estimate of drug-likeness (QED) is 0.673. The lowest BCUT2D eigenvalue weighted by Gasteiger charge is -2.42. The summed E-state index contributed by atoms with van der Waals surface area (Å²) < 4.78 is 51.9. The summed E-state index contributed by atoms with van der Waals surface area (Å²) >= 11 is 0. The number of halogens is 3. The van der Waals surface area contributed by atoms with Crippen LogP contribution in [0.3, 0.4) is 0 Å². The van der Waals surface area contributed by atoms with Crippen LogP contribution in [0.1, 0.15) is 20.8 Å². The number of amides is 1. The third-order valence-corrected chi connectivity index (χ3v) is 2.96. The van der Waals surface area contributed by atoms with Gasteiger partial charge in [0.05, 0.1) is 6.10 Å². The van der Waals surface area contributed by atoms with E-state index in [2.05, 4.69) is 0 Å². The number of carbonyl (C=O) groups excluding carboxylic acids is 3. The molecule has 1 fully saturated rings.